The number of nitrogens with one attached hydrogen (secondary N) is 1. The zero-order valence-corrected chi connectivity index (χ0v) is 12.6. The van der Waals surface area contributed by atoms with Crippen LogP contribution in [0, 0.1) is 35.6 Å². The van der Waals surface area contributed by atoms with Gasteiger partial charge >= 0.3 is 0 Å². The van der Waals surface area contributed by atoms with Gasteiger partial charge in [-0.2, -0.15) is 5.26 Å². The third-order valence-corrected chi connectivity index (χ3v) is 3.96. The molecule has 0 heterocycles. The molecule has 0 saturated carbocycles. The summed E-state index contributed by atoms with van der Waals surface area (Å²) >= 11 is 0. The van der Waals surface area contributed by atoms with Crippen LogP contribution in [0.15, 0.2) is 23.8 Å². The first-order valence-electron chi connectivity index (χ1n) is 7.01. The van der Waals surface area contributed by atoms with Crippen LogP contribution in [0.2, 0.25) is 0 Å². The Morgan fingerprint density at radius 1 is 1.59 bits per heavy atom. The van der Waals surface area contributed by atoms with Gasteiger partial charge in [0, 0.05) is 23.0 Å². The highest BCUT2D eigenvalue weighted by Gasteiger charge is 2.24. The van der Waals surface area contributed by atoms with E-state index in [1.54, 1.807) is 13.2 Å². The normalized spacial score (nSPS) is 17.3. The van der Waals surface area contributed by atoms with Crippen LogP contribution in [0.3, 0.4) is 0 Å². The molecule has 1 aromatic rings. The summed E-state index contributed by atoms with van der Waals surface area (Å²) in [5, 5.41) is 16.3. The molecule has 114 valence electrons. The molecule has 22 heavy (non-hydrogen) atoms. The summed E-state index contributed by atoms with van der Waals surface area (Å²) in [7, 11) is 0. The van der Waals surface area contributed by atoms with Crippen molar-refractivity contribution in [3.8, 4) is 6.26 Å². The van der Waals surface area contributed by atoms with Crippen molar-refractivity contribution in [2.24, 2.45) is 5.92 Å². The summed E-state index contributed by atoms with van der Waals surface area (Å²) in [6.07, 6.45) is 7.53. The maximum atomic E-state index is 13.9. The smallest absolute Gasteiger partial charge is 0.286 e. The minimum atomic E-state index is -0.422. The second-order valence-electron chi connectivity index (χ2n) is 5.36. The first-order valence-corrected chi connectivity index (χ1v) is 7.01. The number of nitrogen functional groups attached to an aromatic ring is 1. The molecule has 0 aromatic heterocycles. The van der Waals surface area contributed by atoms with Gasteiger partial charge in [-0.05, 0) is 42.0 Å². The molecule has 0 radical (unpaired) electrons. The number of hydrogen-bond acceptors (Lipinski definition) is 4. The van der Waals surface area contributed by atoms with Crippen molar-refractivity contribution in [1.29, 1.82) is 10.7 Å². The van der Waals surface area contributed by atoms with Crippen LogP contribution in [-0.2, 0) is 4.74 Å². The molecule has 2 rings (SSSR count). The predicted molar refractivity (Wildman–Crippen MR) is 84.8 cm³/mol. The van der Waals surface area contributed by atoms with E-state index in [0.717, 1.165) is 23.8 Å². The molecule has 0 spiro atoms. The molecule has 0 fully saturated rings. The second-order valence-corrected chi connectivity index (χ2v) is 5.36. The molecule has 1 aromatic carbocycles. The summed E-state index contributed by atoms with van der Waals surface area (Å²) in [6.45, 7) is 3.81. The quantitative estimate of drug-likeness (QED) is 0.506. The van der Waals surface area contributed by atoms with E-state index in [1.165, 1.54) is 6.07 Å². The third-order valence-electron chi connectivity index (χ3n) is 3.96. The Labute approximate surface area is 129 Å². The molecule has 1 aliphatic rings. The second kappa shape index (κ2) is 6.44. The van der Waals surface area contributed by atoms with E-state index in [-0.39, 0.29) is 12.5 Å². The lowest BCUT2D eigenvalue weighted by Crippen LogP contribution is -2.13. The van der Waals surface area contributed by atoms with Crippen LogP contribution < -0.4 is 5.73 Å². The Morgan fingerprint density at radius 3 is 2.95 bits per heavy atom. The number of anilines is 1. The van der Waals surface area contributed by atoms with Gasteiger partial charge in [-0.1, -0.05) is 19.1 Å². The standard InChI is InChI=1S/C17H18FN3O/c1-10-4-3-5-12(8-22-9-20)16(10)17-13(7-19)11(2)14(18)6-15(17)21/h3,5-7,10,19H,4,8,21H2,1-2H3. The molecule has 0 aliphatic heterocycles. The lowest BCUT2D eigenvalue weighted by molar-refractivity contribution is 0.305. The molecule has 0 amide bonds. The number of allylic oxidation sites excluding steroid dienone is 2. The summed E-state index contributed by atoms with van der Waals surface area (Å²) in [5.74, 6) is -0.276. The van der Waals surface area contributed by atoms with Crippen LogP contribution in [0.5, 0.6) is 0 Å². The minimum absolute atomic E-state index is 0.139. The van der Waals surface area contributed by atoms with Gasteiger partial charge in [-0.15, -0.1) is 0 Å². The molecular formula is C17H18FN3O. The average molecular weight is 299 g/mol. The van der Waals surface area contributed by atoms with Gasteiger partial charge in [0.1, 0.15) is 12.4 Å². The fourth-order valence-electron chi connectivity index (χ4n) is 2.85. The highest BCUT2D eigenvalue weighted by molar-refractivity contribution is 5.94. The zero-order chi connectivity index (χ0) is 16.3. The fourth-order valence-corrected chi connectivity index (χ4v) is 2.85. The SMILES string of the molecule is Cc1c(F)cc(N)c(C2=C(COC#N)C=CCC2C)c1C=N. The first kappa shape index (κ1) is 15.8. The van der Waals surface area contributed by atoms with E-state index in [2.05, 4.69) is 0 Å². The largest absolute Gasteiger partial charge is 0.423 e. The Bertz CT molecular complexity index is 714. The van der Waals surface area contributed by atoms with Gasteiger partial charge in [0.15, 0.2) is 0 Å². The molecule has 5 heteroatoms. The number of rotatable bonds is 4. The number of ether oxygens (including phenoxy) is 1. The Balaban J connectivity index is 2.73. The predicted octanol–water partition coefficient (Wildman–Crippen LogP) is 3.56. The van der Waals surface area contributed by atoms with Crippen molar-refractivity contribution < 1.29 is 9.13 Å². The summed E-state index contributed by atoms with van der Waals surface area (Å²) in [5.41, 5.74) is 9.63. The maximum Gasteiger partial charge on any atom is 0.286 e. The summed E-state index contributed by atoms with van der Waals surface area (Å²) < 4.78 is 18.8. The van der Waals surface area contributed by atoms with Crippen molar-refractivity contribution in [2.45, 2.75) is 20.3 Å². The van der Waals surface area contributed by atoms with Crippen LogP contribution in [-0.4, -0.2) is 12.8 Å². The number of nitrogens with two attached hydrogens (primary N) is 1. The number of benzene rings is 1. The highest BCUT2D eigenvalue weighted by atomic mass is 19.1. The summed E-state index contributed by atoms with van der Waals surface area (Å²) in [4.78, 5) is 0. The minimum Gasteiger partial charge on any atom is -0.423 e. The van der Waals surface area contributed by atoms with Gasteiger partial charge in [0.25, 0.3) is 6.26 Å². The monoisotopic (exact) mass is 299 g/mol. The number of hydrogen-bond donors (Lipinski definition) is 2. The molecule has 3 N–H and O–H groups in total. The van der Waals surface area contributed by atoms with Gasteiger partial charge in [-0.3, -0.25) is 0 Å². The van der Waals surface area contributed by atoms with E-state index in [1.807, 2.05) is 19.1 Å². The fraction of sp³-hybridized carbons (Fsp3) is 0.294. The Kier molecular flexibility index (Phi) is 4.62. The Hall–Kier alpha value is -2.61. The van der Waals surface area contributed by atoms with Crippen LogP contribution in [0.1, 0.15) is 30.0 Å². The molecule has 4 nitrogen and oxygen atoms in total. The van der Waals surface area contributed by atoms with Crippen LogP contribution in [0.4, 0.5) is 10.1 Å². The van der Waals surface area contributed by atoms with Crippen molar-refractivity contribution in [1.82, 2.24) is 0 Å². The van der Waals surface area contributed by atoms with Crippen molar-refractivity contribution in [3.63, 3.8) is 0 Å². The van der Waals surface area contributed by atoms with E-state index >= 15 is 0 Å². The van der Waals surface area contributed by atoms with E-state index < -0.39 is 5.82 Å². The molecule has 1 unspecified atom stereocenters. The van der Waals surface area contributed by atoms with Gasteiger partial charge in [0.05, 0.1) is 0 Å². The molecular weight excluding hydrogens is 281 g/mol. The van der Waals surface area contributed by atoms with Gasteiger partial charge in [0.2, 0.25) is 0 Å². The number of nitrogens with zero attached hydrogens (tertiary/aromatic N) is 1. The van der Waals surface area contributed by atoms with E-state index in [9.17, 15) is 4.39 Å². The van der Waals surface area contributed by atoms with Crippen molar-refractivity contribution in [2.75, 3.05) is 12.3 Å². The van der Waals surface area contributed by atoms with Crippen LogP contribution >= 0.6 is 0 Å². The van der Waals surface area contributed by atoms with Gasteiger partial charge in [-0.25, -0.2) is 4.39 Å². The van der Waals surface area contributed by atoms with Crippen LogP contribution in [0.25, 0.3) is 5.57 Å². The lowest BCUT2D eigenvalue weighted by atomic mass is 9.80. The van der Waals surface area contributed by atoms with E-state index in [0.29, 0.717) is 22.4 Å². The third kappa shape index (κ3) is 2.73. The maximum absolute atomic E-state index is 13.9. The first-order chi connectivity index (χ1) is 10.5. The topological polar surface area (TPSA) is 82.9 Å². The van der Waals surface area contributed by atoms with Crippen molar-refractivity contribution >= 4 is 17.5 Å². The van der Waals surface area contributed by atoms with Gasteiger partial charge < -0.3 is 15.9 Å². The number of halogens is 1. The Morgan fingerprint density at radius 2 is 2.32 bits per heavy atom. The van der Waals surface area contributed by atoms with Crippen molar-refractivity contribution in [3.05, 3.63) is 46.3 Å². The molecule has 0 bridgehead atoms. The highest BCUT2D eigenvalue weighted by Crippen LogP contribution is 2.39. The van der Waals surface area contributed by atoms with E-state index in [4.69, 9.17) is 21.1 Å². The number of nitriles is 1. The summed E-state index contributed by atoms with van der Waals surface area (Å²) in [6, 6.07) is 1.29. The molecule has 0 saturated heterocycles. The average Bonchev–Trinajstić information content (AvgIpc) is 2.49. The molecule has 1 atom stereocenters. The lowest BCUT2D eigenvalue weighted by Gasteiger charge is -2.25. The molecule has 1 aliphatic carbocycles. The zero-order valence-electron chi connectivity index (χ0n) is 12.6.